The van der Waals surface area contributed by atoms with E-state index in [1.165, 1.54) is 0 Å². The molecule has 1 fully saturated rings. The van der Waals surface area contributed by atoms with E-state index in [1.54, 1.807) is 29.4 Å². The Morgan fingerprint density at radius 2 is 1.85 bits per heavy atom. The minimum Gasteiger partial charge on any atom is -0.441 e. The molecule has 0 unspecified atom stereocenters. The number of hydrogen-bond donors (Lipinski definition) is 0. The van der Waals surface area contributed by atoms with Gasteiger partial charge in [-0.05, 0) is 25.0 Å². The van der Waals surface area contributed by atoms with Crippen LogP contribution in [0.4, 0.5) is 0 Å². The minimum atomic E-state index is -3.42. The Hall–Kier alpha value is -1.40. The van der Waals surface area contributed by atoms with E-state index in [4.69, 9.17) is 4.42 Å². The third kappa shape index (κ3) is 2.45. The molecule has 0 radical (unpaired) electrons. The SMILES string of the molecule is Cc1nc2ccc(S(=O)(=O)N3CCCCCC3)cc2o1. The largest absolute Gasteiger partial charge is 0.441 e. The normalized spacial score (nSPS) is 18.2. The van der Waals surface area contributed by atoms with Crippen LogP contribution < -0.4 is 0 Å². The summed E-state index contributed by atoms with van der Waals surface area (Å²) in [5.41, 5.74) is 1.22. The Bertz CT molecular complexity index is 713. The van der Waals surface area contributed by atoms with Crippen LogP contribution in [0.15, 0.2) is 27.5 Å². The molecule has 0 saturated carbocycles. The van der Waals surface area contributed by atoms with Crippen LogP contribution in [0.25, 0.3) is 11.1 Å². The van der Waals surface area contributed by atoms with Gasteiger partial charge in [0.2, 0.25) is 10.0 Å². The Labute approximate surface area is 118 Å². The summed E-state index contributed by atoms with van der Waals surface area (Å²) in [5.74, 6) is 0.546. The number of aryl methyl sites for hydroxylation is 1. The van der Waals surface area contributed by atoms with Crippen molar-refractivity contribution in [2.45, 2.75) is 37.5 Å². The van der Waals surface area contributed by atoms with Crippen LogP contribution in [0, 0.1) is 6.92 Å². The first kappa shape index (κ1) is 13.6. The van der Waals surface area contributed by atoms with Crippen LogP contribution in [0.3, 0.4) is 0 Å². The van der Waals surface area contributed by atoms with Crippen molar-refractivity contribution < 1.29 is 12.8 Å². The highest BCUT2D eigenvalue weighted by Gasteiger charge is 2.25. The maximum atomic E-state index is 12.7. The van der Waals surface area contributed by atoms with Crippen molar-refractivity contribution in [1.29, 1.82) is 0 Å². The third-order valence-electron chi connectivity index (χ3n) is 3.67. The number of oxazole rings is 1. The quantitative estimate of drug-likeness (QED) is 0.854. The van der Waals surface area contributed by atoms with Crippen LogP contribution in [0.5, 0.6) is 0 Å². The first-order valence-electron chi connectivity index (χ1n) is 6.95. The standard InChI is InChI=1S/C14H18N2O3S/c1-11-15-13-7-6-12(10-14(13)19-11)20(17,18)16-8-4-2-3-5-9-16/h6-7,10H,2-5,8-9H2,1H3. The average Bonchev–Trinajstić information content (AvgIpc) is 2.63. The second kappa shape index (κ2) is 5.18. The molecule has 6 heteroatoms. The maximum absolute atomic E-state index is 12.7. The lowest BCUT2D eigenvalue weighted by Crippen LogP contribution is -2.31. The van der Waals surface area contributed by atoms with E-state index in [0.717, 1.165) is 25.7 Å². The van der Waals surface area contributed by atoms with Gasteiger partial charge in [0, 0.05) is 26.1 Å². The summed E-state index contributed by atoms with van der Waals surface area (Å²) in [6, 6.07) is 4.90. The van der Waals surface area contributed by atoms with Gasteiger partial charge in [0.15, 0.2) is 11.5 Å². The van der Waals surface area contributed by atoms with Crippen LogP contribution in [-0.2, 0) is 10.0 Å². The summed E-state index contributed by atoms with van der Waals surface area (Å²) in [4.78, 5) is 4.48. The number of aromatic nitrogens is 1. The molecule has 2 heterocycles. The zero-order valence-corrected chi connectivity index (χ0v) is 12.3. The lowest BCUT2D eigenvalue weighted by Gasteiger charge is -2.19. The second-order valence-electron chi connectivity index (χ2n) is 5.18. The van der Waals surface area contributed by atoms with Crippen molar-refractivity contribution in [3.8, 4) is 0 Å². The molecule has 0 spiro atoms. The highest BCUT2D eigenvalue weighted by atomic mass is 32.2. The summed E-state index contributed by atoms with van der Waals surface area (Å²) < 4.78 is 32.3. The lowest BCUT2D eigenvalue weighted by atomic mass is 10.2. The van der Waals surface area contributed by atoms with Gasteiger partial charge in [-0.3, -0.25) is 0 Å². The molecule has 0 aliphatic carbocycles. The first-order valence-corrected chi connectivity index (χ1v) is 8.39. The highest BCUT2D eigenvalue weighted by molar-refractivity contribution is 7.89. The number of benzene rings is 1. The van der Waals surface area contributed by atoms with Crippen molar-refractivity contribution in [2.75, 3.05) is 13.1 Å². The second-order valence-corrected chi connectivity index (χ2v) is 7.12. The fourth-order valence-corrected chi connectivity index (χ4v) is 4.14. The van der Waals surface area contributed by atoms with Crippen molar-refractivity contribution in [1.82, 2.24) is 9.29 Å². The molecule has 0 atom stereocenters. The molecular formula is C14H18N2O3S. The summed E-state index contributed by atoms with van der Waals surface area (Å²) in [6.07, 6.45) is 4.07. The van der Waals surface area contributed by atoms with E-state index in [1.807, 2.05) is 0 Å². The molecule has 0 amide bonds. The van der Waals surface area contributed by atoms with Gasteiger partial charge in [0.1, 0.15) is 5.52 Å². The molecule has 1 aromatic carbocycles. The van der Waals surface area contributed by atoms with Crippen LogP contribution in [-0.4, -0.2) is 30.8 Å². The molecule has 2 aromatic rings. The summed E-state index contributed by atoms with van der Waals surface area (Å²) in [5, 5.41) is 0. The Kier molecular flexibility index (Phi) is 3.52. The molecule has 1 aromatic heterocycles. The smallest absolute Gasteiger partial charge is 0.243 e. The van der Waals surface area contributed by atoms with Gasteiger partial charge in [0.05, 0.1) is 4.90 Å². The lowest BCUT2D eigenvalue weighted by molar-refractivity contribution is 0.423. The van der Waals surface area contributed by atoms with Gasteiger partial charge >= 0.3 is 0 Å². The van der Waals surface area contributed by atoms with Gasteiger partial charge in [-0.2, -0.15) is 4.31 Å². The highest BCUT2D eigenvalue weighted by Crippen LogP contribution is 2.24. The first-order chi connectivity index (χ1) is 9.57. The molecule has 3 rings (SSSR count). The van der Waals surface area contributed by atoms with E-state index in [2.05, 4.69) is 4.98 Å². The van der Waals surface area contributed by atoms with Gasteiger partial charge in [0.25, 0.3) is 0 Å². The Morgan fingerprint density at radius 3 is 2.55 bits per heavy atom. The molecular weight excluding hydrogens is 276 g/mol. The fourth-order valence-electron chi connectivity index (χ4n) is 2.61. The zero-order chi connectivity index (χ0) is 14.2. The van der Waals surface area contributed by atoms with Crippen molar-refractivity contribution >= 4 is 21.1 Å². The number of rotatable bonds is 2. The van der Waals surface area contributed by atoms with Crippen molar-refractivity contribution in [2.24, 2.45) is 0 Å². The molecule has 0 bridgehead atoms. The van der Waals surface area contributed by atoms with Crippen molar-refractivity contribution in [3.05, 3.63) is 24.1 Å². The van der Waals surface area contributed by atoms with Crippen LogP contribution in [0.2, 0.25) is 0 Å². The third-order valence-corrected chi connectivity index (χ3v) is 5.56. The van der Waals surface area contributed by atoms with Crippen LogP contribution in [0.1, 0.15) is 31.6 Å². The van der Waals surface area contributed by atoms with E-state index in [0.29, 0.717) is 35.0 Å². The maximum Gasteiger partial charge on any atom is 0.243 e. The monoisotopic (exact) mass is 294 g/mol. The molecule has 0 N–H and O–H groups in total. The van der Waals surface area contributed by atoms with E-state index >= 15 is 0 Å². The molecule has 1 aliphatic heterocycles. The molecule has 108 valence electrons. The summed E-state index contributed by atoms with van der Waals surface area (Å²) in [6.45, 7) is 2.97. The minimum absolute atomic E-state index is 0.294. The fraction of sp³-hybridized carbons (Fsp3) is 0.500. The molecule has 1 saturated heterocycles. The average molecular weight is 294 g/mol. The van der Waals surface area contributed by atoms with E-state index in [9.17, 15) is 8.42 Å². The number of sulfonamides is 1. The Morgan fingerprint density at radius 1 is 1.15 bits per heavy atom. The Balaban J connectivity index is 1.99. The predicted octanol–water partition coefficient (Wildman–Crippen LogP) is 2.70. The molecule has 1 aliphatic rings. The van der Waals surface area contributed by atoms with Gasteiger partial charge in [-0.1, -0.05) is 12.8 Å². The zero-order valence-electron chi connectivity index (χ0n) is 11.5. The number of hydrogen-bond acceptors (Lipinski definition) is 4. The van der Waals surface area contributed by atoms with E-state index in [-0.39, 0.29) is 0 Å². The molecule has 5 nitrogen and oxygen atoms in total. The van der Waals surface area contributed by atoms with Gasteiger partial charge in [-0.25, -0.2) is 13.4 Å². The molecule has 20 heavy (non-hydrogen) atoms. The van der Waals surface area contributed by atoms with Gasteiger partial charge < -0.3 is 4.42 Å². The summed E-state index contributed by atoms with van der Waals surface area (Å²) >= 11 is 0. The van der Waals surface area contributed by atoms with E-state index < -0.39 is 10.0 Å². The topological polar surface area (TPSA) is 63.4 Å². The van der Waals surface area contributed by atoms with Crippen LogP contribution >= 0.6 is 0 Å². The van der Waals surface area contributed by atoms with Gasteiger partial charge in [-0.15, -0.1) is 0 Å². The van der Waals surface area contributed by atoms with Crippen molar-refractivity contribution in [3.63, 3.8) is 0 Å². The predicted molar refractivity (Wildman–Crippen MR) is 76.0 cm³/mol. The number of fused-ring (bicyclic) bond motifs is 1. The summed E-state index contributed by atoms with van der Waals surface area (Å²) in [7, 11) is -3.42. The number of nitrogens with zero attached hydrogens (tertiary/aromatic N) is 2.